The Morgan fingerprint density at radius 3 is 2.23 bits per heavy atom. The Balaban J connectivity index is 1.76. The SMILES string of the molecule is CC(=NOC(=O)Nc1ccccc1)c1ccccc1NS(=O)(=O)c1ccc(C)cc1. The molecule has 0 aliphatic carbocycles. The predicted octanol–water partition coefficient (Wildman–Crippen LogP) is 4.77. The molecule has 0 aliphatic heterocycles. The molecule has 0 aromatic heterocycles. The van der Waals surface area contributed by atoms with Crippen LogP contribution in [0, 0.1) is 6.92 Å². The summed E-state index contributed by atoms with van der Waals surface area (Å²) in [5.41, 5.74) is 2.68. The summed E-state index contributed by atoms with van der Waals surface area (Å²) in [5.74, 6) is 0. The Kier molecular flexibility index (Phi) is 6.48. The van der Waals surface area contributed by atoms with Crippen LogP contribution in [0.15, 0.2) is 88.9 Å². The molecular weight excluding hydrogens is 402 g/mol. The molecule has 0 bridgehead atoms. The van der Waals surface area contributed by atoms with Crippen LogP contribution < -0.4 is 10.0 Å². The Morgan fingerprint density at radius 1 is 0.900 bits per heavy atom. The van der Waals surface area contributed by atoms with E-state index in [4.69, 9.17) is 4.84 Å². The van der Waals surface area contributed by atoms with Crippen molar-refractivity contribution in [3.8, 4) is 0 Å². The highest BCUT2D eigenvalue weighted by Gasteiger charge is 2.17. The van der Waals surface area contributed by atoms with Gasteiger partial charge in [0.1, 0.15) is 0 Å². The van der Waals surface area contributed by atoms with Crippen LogP contribution in [0.25, 0.3) is 0 Å². The van der Waals surface area contributed by atoms with Gasteiger partial charge in [0.15, 0.2) is 0 Å². The van der Waals surface area contributed by atoms with Crippen molar-refractivity contribution in [1.29, 1.82) is 0 Å². The molecule has 0 heterocycles. The van der Waals surface area contributed by atoms with E-state index in [0.29, 0.717) is 22.6 Å². The monoisotopic (exact) mass is 423 g/mol. The second kappa shape index (κ2) is 9.23. The van der Waals surface area contributed by atoms with E-state index >= 15 is 0 Å². The number of nitrogens with zero attached hydrogens (tertiary/aromatic N) is 1. The Bertz CT molecular complexity index is 1160. The molecule has 3 rings (SSSR count). The van der Waals surface area contributed by atoms with E-state index in [2.05, 4.69) is 15.2 Å². The molecule has 0 saturated carbocycles. The summed E-state index contributed by atoms with van der Waals surface area (Å²) in [6.45, 7) is 3.50. The standard InChI is InChI=1S/C22H21N3O4S/c1-16-12-14-19(15-13-16)30(27,28)25-21-11-7-6-10-20(21)17(2)24-29-22(26)23-18-8-4-3-5-9-18/h3-15,25H,1-2H3,(H,23,26). The van der Waals surface area contributed by atoms with E-state index in [1.54, 1.807) is 67.6 Å². The summed E-state index contributed by atoms with van der Waals surface area (Å²) >= 11 is 0. The highest BCUT2D eigenvalue weighted by Crippen LogP contribution is 2.21. The minimum absolute atomic E-state index is 0.149. The van der Waals surface area contributed by atoms with E-state index in [0.717, 1.165) is 5.56 Å². The largest absolute Gasteiger partial charge is 0.437 e. The molecule has 3 aromatic rings. The maximum atomic E-state index is 12.7. The highest BCUT2D eigenvalue weighted by atomic mass is 32.2. The van der Waals surface area contributed by atoms with Gasteiger partial charge in [0.2, 0.25) is 0 Å². The normalized spacial score (nSPS) is 11.6. The lowest BCUT2D eigenvalue weighted by Gasteiger charge is -2.12. The molecule has 2 N–H and O–H groups in total. The number of sulfonamides is 1. The van der Waals surface area contributed by atoms with Crippen molar-refractivity contribution in [2.75, 3.05) is 10.0 Å². The number of benzene rings is 3. The lowest BCUT2D eigenvalue weighted by atomic mass is 10.1. The number of nitrogens with one attached hydrogen (secondary N) is 2. The van der Waals surface area contributed by atoms with Crippen LogP contribution in [0.1, 0.15) is 18.1 Å². The van der Waals surface area contributed by atoms with E-state index in [9.17, 15) is 13.2 Å². The van der Waals surface area contributed by atoms with Crippen molar-refractivity contribution in [3.05, 3.63) is 90.0 Å². The first kappa shape index (κ1) is 21.1. The molecule has 30 heavy (non-hydrogen) atoms. The van der Waals surface area contributed by atoms with Gasteiger partial charge in [-0.3, -0.25) is 14.9 Å². The predicted molar refractivity (Wildman–Crippen MR) is 117 cm³/mol. The average molecular weight is 423 g/mol. The van der Waals surface area contributed by atoms with Crippen molar-refractivity contribution in [1.82, 2.24) is 0 Å². The van der Waals surface area contributed by atoms with Gasteiger partial charge >= 0.3 is 6.09 Å². The molecule has 0 fully saturated rings. The van der Waals surface area contributed by atoms with Crippen molar-refractivity contribution >= 4 is 33.2 Å². The molecule has 0 spiro atoms. The molecule has 0 aliphatic rings. The van der Waals surface area contributed by atoms with Gasteiger partial charge in [-0.05, 0) is 44.2 Å². The number of oxime groups is 1. The molecular formula is C22H21N3O4S. The summed E-state index contributed by atoms with van der Waals surface area (Å²) in [7, 11) is -3.78. The van der Waals surface area contributed by atoms with E-state index in [1.165, 1.54) is 12.1 Å². The minimum Gasteiger partial charge on any atom is -0.298 e. The average Bonchev–Trinajstić information content (AvgIpc) is 2.73. The third-order valence-electron chi connectivity index (χ3n) is 4.18. The van der Waals surface area contributed by atoms with Gasteiger partial charge in [-0.15, -0.1) is 0 Å². The van der Waals surface area contributed by atoms with Crippen LogP contribution in [-0.2, 0) is 14.9 Å². The Morgan fingerprint density at radius 2 is 1.53 bits per heavy atom. The van der Waals surface area contributed by atoms with E-state index < -0.39 is 16.1 Å². The zero-order valence-electron chi connectivity index (χ0n) is 16.5. The van der Waals surface area contributed by atoms with Crippen LogP contribution in [0.2, 0.25) is 0 Å². The number of carbonyl (C=O) groups is 1. The molecule has 154 valence electrons. The quantitative estimate of drug-likeness (QED) is 0.339. The molecule has 7 nitrogen and oxygen atoms in total. The molecule has 0 atom stereocenters. The van der Waals surface area contributed by atoms with Gasteiger partial charge in [0, 0.05) is 11.3 Å². The summed E-state index contributed by atoms with van der Waals surface area (Å²) in [6, 6.07) is 22.1. The number of carbonyl (C=O) groups excluding carboxylic acids is 1. The number of rotatable bonds is 6. The smallest absolute Gasteiger partial charge is 0.298 e. The summed E-state index contributed by atoms with van der Waals surface area (Å²) in [5, 5.41) is 6.38. The van der Waals surface area contributed by atoms with Crippen molar-refractivity contribution < 1.29 is 18.0 Å². The maximum absolute atomic E-state index is 12.7. The van der Waals surface area contributed by atoms with Gasteiger partial charge in [-0.25, -0.2) is 13.2 Å². The van der Waals surface area contributed by atoms with Crippen molar-refractivity contribution in [2.24, 2.45) is 5.16 Å². The van der Waals surface area contributed by atoms with Gasteiger partial charge in [-0.1, -0.05) is 59.3 Å². The second-order valence-corrected chi connectivity index (χ2v) is 8.19. The molecule has 1 amide bonds. The third-order valence-corrected chi connectivity index (χ3v) is 5.56. The number of amides is 1. The number of anilines is 2. The maximum Gasteiger partial charge on any atom is 0.437 e. The van der Waals surface area contributed by atoms with Gasteiger partial charge < -0.3 is 0 Å². The van der Waals surface area contributed by atoms with Gasteiger partial charge in [0.25, 0.3) is 10.0 Å². The van der Waals surface area contributed by atoms with Crippen LogP contribution in [0.5, 0.6) is 0 Å². The molecule has 0 unspecified atom stereocenters. The van der Waals surface area contributed by atoms with Crippen LogP contribution >= 0.6 is 0 Å². The Labute approximate surface area is 175 Å². The lowest BCUT2D eigenvalue weighted by molar-refractivity contribution is 0.166. The van der Waals surface area contributed by atoms with Crippen LogP contribution in [0.3, 0.4) is 0 Å². The first-order valence-corrected chi connectivity index (χ1v) is 10.6. The van der Waals surface area contributed by atoms with Crippen LogP contribution in [-0.4, -0.2) is 20.2 Å². The van der Waals surface area contributed by atoms with Crippen LogP contribution in [0.4, 0.5) is 16.2 Å². The Hall–Kier alpha value is -3.65. The molecule has 8 heteroatoms. The van der Waals surface area contributed by atoms with Gasteiger partial charge in [-0.2, -0.15) is 0 Å². The molecule has 3 aromatic carbocycles. The van der Waals surface area contributed by atoms with Gasteiger partial charge in [0.05, 0.1) is 16.3 Å². The minimum atomic E-state index is -3.78. The number of para-hydroxylation sites is 2. The zero-order chi connectivity index (χ0) is 21.6. The summed E-state index contributed by atoms with van der Waals surface area (Å²) in [4.78, 5) is 17.0. The highest BCUT2D eigenvalue weighted by molar-refractivity contribution is 7.92. The second-order valence-electron chi connectivity index (χ2n) is 6.51. The first-order valence-electron chi connectivity index (χ1n) is 9.12. The van der Waals surface area contributed by atoms with Crippen molar-refractivity contribution in [2.45, 2.75) is 18.7 Å². The molecule has 0 saturated heterocycles. The third kappa shape index (κ3) is 5.45. The van der Waals surface area contributed by atoms with E-state index in [-0.39, 0.29) is 4.90 Å². The number of hydrogen-bond acceptors (Lipinski definition) is 5. The summed E-state index contributed by atoms with van der Waals surface area (Å²) in [6.07, 6.45) is -0.752. The lowest BCUT2D eigenvalue weighted by Crippen LogP contribution is -2.16. The fraction of sp³-hybridized carbons (Fsp3) is 0.0909. The number of aryl methyl sites for hydroxylation is 1. The van der Waals surface area contributed by atoms with Crippen molar-refractivity contribution in [3.63, 3.8) is 0 Å². The fourth-order valence-electron chi connectivity index (χ4n) is 2.63. The summed E-state index contributed by atoms with van der Waals surface area (Å²) < 4.78 is 28.0. The number of hydrogen-bond donors (Lipinski definition) is 2. The topological polar surface area (TPSA) is 96.9 Å². The molecule has 0 radical (unpaired) electrons. The zero-order valence-corrected chi connectivity index (χ0v) is 17.3. The fourth-order valence-corrected chi connectivity index (χ4v) is 3.71. The van der Waals surface area contributed by atoms with E-state index in [1.807, 2.05) is 13.0 Å². The first-order chi connectivity index (χ1) is 14.3.